The summed E-state index contributed by atoms with van der Waals surface area (Å²) in [7, 11) is 0. The molecule has 1 aliphatic carbocycles. The topological polar surface area (TPSA) is 74.1 Å². The molecule has 0 radical (unpaired) electrons. The van der Waals surface area contributed by atoms with Gasteiger partial charge in [0.05, 0.1) is 11.2 Å². The molecule has 36 heavy (non-hydrogen) atoms. The Hall–Kier alpha value is -3.40. The number of hydrogen-bond donors (Lipinski definition) is 2. The summed E-state index contributed by atoms with van der Waals surface area (Å²) >= 11 is 0. The Morgan fingerprint density at radius 1 is 1.14 bits per heavy atom. The van der Waals surface area contributed by atoms with Crippen molar-refractivity contribution in [3.63, 3.8) is 0 Å². The first-order valence-electron chi connectivity index (χ1n) is 12.6. The van der Waals surface area contributed by atoms with Crippen molar-refractivity contribution in [3.8, 4) is 16.9 Å². The van der Waals surface area contributed by atoms with Crippen molar-refractivity contribution in [1.29, 1.82) is 0 Å². The Labute approximate surface area is 209 Å². The van der Waals surface area contributed by atoms with Gasteiger partial charge in [0.25, 0.3) is 0 Å². The molecule has 1 saturated heterocycles. The summed E-state index contributed by atoms with van der Waals surface area (Å²) in [5, 5.41) is 10.9. The summed E-state index contributed by atoms with van der Waals surface area (Å²) in [4.78, 5) is 16.6. The third kappa shape index (κ3) is 5.38. The highest BCUT2D eigenvalue weighted by molar-refractivity contribution is 5.84. The summed E-state index contributed by atoms with van der Waals surface area (Å²) in [6.07, 6.45) is 5.60. The molecule has 0 bridgehead atoms. The number of nitrogens with zero attached hydrogens (tertiary/aromatic N) is 4. The van der Waals surface area contributed by atoms with Crippen molar-refractivity contribution in [2.45, 2.75) is 26.4 Å². The van der Waals surface area contributed by atoms with Crippen LogP contribution in [-0.4, -0.2) is 72.8 Å². The minimum atomic E-state index is -2.93. The number of nitrogens with one attached hydrogen (secondary N) is 2. The highest BCUT2D eigenvalue weighted by Gasteiger charge is 2.34. The Bertz CT molecular complexity index is 1200. The SMILES string of the molecule is CCNCCNc1ccc(-c2cc3c(N4CCN(C(=O)C5CC5)CC4)ccnn3c2)c(OC(F)F)c1. The van der Waals surface area contributed by atoms with Crippen LogP contribution < -0.4 is 20.3 Å². The van der Waals surface area contributed by atoms with E-state index in [1.165, 1.54) is 0 Å². The smallest absolute Gasteiger partial charge is 0.387 e. The van der Waals surface area contributed by atoms with E-state index in [1.54, 1.807) is 22.8 Å². The van der Waals surface area contributed by atoms with Crippen molar-refractivity contribution in [3.05, 3.63) is 42.7 Å². The first-order chi connectivity index (χ1) is 17.5. The van der Waals surface area contributed by atoms with Gasteiger partial charge in [0, 0.05) is 80.5 Å². The molecule has 0 spiro atoms. The zero-order valence-electron chi connectivity index (χ0n) is 20.4. The highest BCUT2D eigenvalue weighted by atomic mass is 19.3. The fourth-order valence-corrected chi connectivity index (χ4v) is 4.71. The number of piperazine rings is 1. The van der Waals surface area contributed by atoms with Crippen molar-refractivity contribution < 1.29 is 18.3 Å². The molecule has 1 saturated carbocycles. The number of aromatic nitrogens is 2. The molecule has 3 aromatic rings. The third-order valence-electron chi connectivity index (χ3n) is 6.73. The molecule has 1 amide bonds. The van der Waals surface area contributed by atoms with Crippen LogP contribution >= 0.6 is 0 Å². The number of fused-ring (bicyclic) bond motifs is 1. The number of ether oxygens (including phenoxy) is 1. The van der Waals surface area contributed by atoms with Crippen molar-refractivity contribution in [1.82, 2.24) is 19.8 Å². The number of rotatable bonds is 10. The lowest BCUT2D eigenvalue weighted by atomic mass is 10.1. The number of hydrogen-bond acceptors (Lipinski definition) is 6. The number of alkyl halides is 2. The predicted molar refractivity (Wildman–Crippen MR) is 136 cm³/mol. The van der Waals surface area contributed by atoms with Crippen LogP contribution in [0.2, 0.25) is 0 Å². The molecule has 2 aliphatic rings. The third-order valence-corrected chi connectivity index (χ3v) is 6.73. The van der Waals surface area contributed by atoms with E-state index < -0.39 is 6.61 Å². The summed E-state index contributed by atoms with van der Waals surface area (Å²) in [6, 6.07) is 9.19. The van der Waals surface area contributed by atoms with E-state index in [0.717, 1.165) is 55.8 Å². The van der Waals surface area contributed by atoms with Gasteiger partial charge in [0.2, 0.25) is 5.91 Å². The average Bonchev–Trinajstić information content (AvgIpc) is 3.64. The van der Waals surface area contributed by atoms with Gasteiger partial charge in [-0.05, 0) is 43.7 Å². The second kappa shape index (κ2) is 10.7. The number of halogens is 2. The van der Waals surface area contributed by atoms with E-state index in [0.29, 0.717) is 30.9 Å². The molecule has 2 aromatic heterocycles. The summed E-state index contributed by atoms with van der Waals surface area (Å²) < 4.78 is 33.2. The molecule has 3 heterocycles. The summed E-state index contributed by atoms with van der Waals surface area (Å²) in [5.74, 6) is 0.630. The zero-order chi connectivity index (χ0) is 25.1. The van der Waals surface area contributed by atoms with Crippen molar-refractivity contribution >= 4 is 22.8 Å². The second-order valence-electron chi connectivity index (χ2n) is 9.23. The van der Waals surface area contributed by atoms with Crippen LogP contribution in [0.5, 0.6) is 5.75 Å². The lowest BCUT2D eigenvalue weighted by molar-refractivity contribution is -0.132. The minimum Gasteiger partial charge on any atom is -0.434 e. The van der Waals surface area contributed by atoms with Crippen LogP contribution in [0.25, 0.3) is 16.6 Å². The maximum atomic E-state index is 13.2. The standard InChI is InChI=1S/C26H32F2N6O2/c1-2-29-9-10-30-20-5-6-21(24(16-20)36-26(27)28)19-15-23-22(7-8-31-34(23)17-19)32-11-13-33(14-12-32)25(35)18-3-4-18/h5-8,15-18,26,29-30H,2-4,9-14H2,1H3. The van der Waals surface area contributed by atoms with E-state index in [9.17, 15) is 13.6 Å². The highest BCUT2D eigenvalue weighted by Crippen LogP contribution is 2.37. The summed E-state index contributed by atoms with van der Waals surface area (Å²) in [6.45, 7) is 4.29. The van der Waals surface area contributed by atoms with Gasteiger partial charge in [-0.1, -0.05) is 6.92 Å². The first-order valence-corrected chi connectivity index (χ1v) is 12.6. The average molecular weight is 499 g/mol. The van der Waals surface area contributed by atoms with Gasteiger partial charge in [-0.3, -0.25) is 4.79 Å². The van der Waals surface area contributed by atoms with Crippen molar-refractivity contribution in [2.75, 3.05) is 56.0 Å². The summed E-state index contributed by atoms with van der Waals surface area (Å²) in [5.41, 5.74) is 3.92. The molecule has 8 nitrogen and oxygen atoms in total. The van der Waals surface area contributed by atoms with E-state index in [-0.39, 0.29) is 17.6 Å². The number of carbonyl (C=O) groups is 1. The predicted octanol–water partition coefficient (Wildman–Crippen LogP) is 3.68. The van der Waals surface area contributed by atoms with E-state index in [2.05, 4.69) is 20.6 Å². The van der Waals surface area contributed by atoms with E-state index >= 15 is 0 Å². The molecule has 1 aliphatic heterocycles. The van der Waals surface area contributed by atoms with Crippen LogP contribution in [0.4, 0.5) is 20.2 Å². The molecular weight excluding hydrogens is 466 g/mol. The van der Waals surface area contributed by atoms with Gasteiger partial charge in [0.1, 0.15) is 5.75 Å². The zero-order valence-corrected chi connectivity index (χ0v) is 20.4. The molecule has 0 atom stereocenters. The Morgan fingerprint density at radius 2 is 1.94 bits per heavy atom. The number of benzene rings is 1. The lowest BCUT2D eigenvalue weighted by Crippen LogP contribution is -2.49. The maximum absolute atomic E-state index is 13.2. The molecule has 5 rings (SSSR count). The normalized spacial score (nSPS) is 16.1. The fourth-order valence-electron chi connectivity index (χ4n) is 4.71. The molecule has 0 unspecified atom stereocenters. The number of amides is 1. The van der Waals surface area contributed by atoms with E-state index in [4.69, 9.17) is 4.74 Å². The van der Waals surface area contributed by atoms with E-state index in [1.807, 2.05) is 36.2 Å². The largest absolute Gasteiger partial charge is 0.434 e. The van der Waals surface area contributed by atoms with Gasteiger partial charge < -0.3 is 25.2 Å². The number of anilines is 2. The fraction of sp³-hybridized carbons (Fsp3) is 0.462. The van der Waals surface area contributed by atoms with Gasteiger partial charge >= 0.3 is 6.61 Å². The van der Waals surface area contributed by atoms with Crippen LogP contribution in [0, 0.1) is 5.92 Å². The second-order valence-corrected chi connectivity index (χ2v) is 9.23. The first kappa shape index (κ1) is 24.3. The molecule has 10 heteroatoms. The lowest BCUT2D eigenvalue weighted by Gasteiger charge is -2.36. The quantitative estimate of drug-likeness (QED) is 0.416. The molecule has 1 aromatic carbocycles. The maximum Gasteiger partial charge on any atom is 0.387 e. The monoisotopic (exact) mass is 498 g/mol. The van der Waals surface area contributed by atoms with Gasteiger partial charge in [-0.25, -0.2) is 4.52 Å². The van der Waals surface area contributed by atoms with Crippen molar-refractivity contribution in [2.24, 2.45) is 5.92 Å². The Balaban J connectivity index is 1.38. The van der Waals surface area contributed by atoms with Crippen LogP contribution in [0.15, 0.2) is 42.7 Å². The van der Waals surface area contributed by atoms with Gasteiger partial charge in [-0.2, -0.15) is 13.9 Å². The number of likely N-dealkylation sites (N-methyl/N-ethyl adjacent to an activating group) is 1. The Morgan fingerprint density at radius 3 is 2.67 bits per heavy atom. The van der Waals surface area contributed by atoms with Gasteiger partial charge in [-0.15, -0.1) is 0 Å². The van der Waals surface area contributed by atoms with Crippen LogP contribution in [0.3, 0.4) is 0 Å². The van der Waals surface area contributed by atoms with Crippen LogP contribution in [-0.2, 0) is 4.79 Å². The molecule has 2 N–H and O–H groups in total. The minimum absolute atomic E-state index is 0.114. The Kier molecular flexibility index (Phi) is 7.22. The number of carbonyl (C=O) groups excluding carboxylic acids is 1. The molecule has 2 fully saturated rings. The van der Waals surface area contributed by atoms with Crippen LogP contribution in [0.1, 0.15) is 19.8 Å². The molecule has 192 valence electrons. The van der Waals surface area contributed by atoms with Gasteiger partial charge in [0.15, 0.2) is 0 Å². The molecular formula is C26H32F2N6O2.